The first-order valence-corrected chi connectivity index (χ1v) is 6.15. The fourth-order valence-corrected chi connectivity index (χ4v) is 2.56. The summed E-state index contributed by atoms with van der Waals surface area (Å²) in [4.78, 5) is -0.329. The van der Waals surface area contributed by atoms with Gasteiger partial charge in [-0.2, -0.15) is 9.57 Å². The molecule has 0 aliphatic heterocycles. The first kappa shape index (κ1) is 13.4. The number of benzene rings is 1. The molecule has 0 radical (unpaired) electrons. The van der Waals surface area contributed by atoms with Gasteiger partial charge in [-0.3, -0.25) is 0 Å². The zero-order valence-electron chi connectivity index (χ0n) is 9.22. The maximum absolute atomic E-state index is 13.3. The number of nitriles is 1. The molecular weight excluding hydrogens is 243 g/mol. The number of hydrogen-bond acceptors (Lipinski definition) is 3. The minimum atomic E-state index is -3.87. The maximum atomic E-state index is 13.3. The molecule has 0 heterocycles. The van der Waals surface area contributed by atoms with Gasteiger partial charge in [0.15, 0.2) is 0 Å². The predicted octanol–water partition coefficient (Wildman–Crippen LogP) is 1.50. The molecule has 17 heavy (non-hydrogen) atoms. The average Bonchev–Trinajstić information content (AvgIpc) is 2.29. The molecule has 0 fully saturated rings. The van der Waals surface area contributed by atoms with Crippen LogP contribution in [-0.4, -0.2) is 26.3 Å². The van der Waals surface area contributed by atoms with Crippen LogP contribution >= 0.6 is 0 Å². The van der Waals surface area contributed by atoms with E-state index in [-0.39, 0.29) is 11.4 Å². The third-order valence-corrected chi connectivity index (χ3v) is 4.03. The van der Waals surface area contributed by atoms with Gasteiger partial charge in [0.25, 0.3) is 0 Å². The summed E-state index contributed by atoms with van der Waals surface area (Å²) in [7, 11) is -2.53. The number of nitrogens with zero attached hydrogens (tertiary/aromatic N) is 2. The highest BCUT2D eigenvalue weighted by atomic mass is 32.2. The van der Waals surface area contributed by atoms with Gasteiger partial charge in [-0.15, -0.1) is 6.58 Å². The highest BCUT2D eigenvalue weighted by Gasteiger charge is 2.24. The lowest BCUT2D eigenvalue weighted by atomic mass is 10.2. The van der Waals surface area contributed by atoms with Gasteiger partial charge in [-0.05, 0) is 12.1 Å². The van der Waals surface area contributed by atoms with Crippen LogP contribution in [0.3, 0.4) is 0 Å². The molecule has 0 spiro atoms. The summed E-state index contributed by atoms with van der Waals surface area (Å²) in [6.45, 7) is 3.51. The van der Waals surface area contributed by atoms with Crippen LogP contribution in [-0.2, 0) is 10.0 Å². The highest BCUT2D eigenvalue weighted by molar-refractivity contribution is 7.89. The standard InChI is InChI=1S/C11H11FN2O2S/c1-3-7-14(2)17(15,16)11-6-4-5-10(12)9(11)8-13/h3-6H,1,7H2,2H3. The van der Waals surface area contributed by atoms with Crippen molar-refractivity contribution in [3.05, 3.63) is 42.2 Å². The number of sulfonamides is 1. The van der Waals surface area contributed by atoms with E-state index in [0.29, 0.717) is 0 Å². The van der Waals surface area contributed by atoms with E-state index in [9.17, 15) is 12.8 Å². The van der Waals surface area contributed by atoms with Crippen molar-refractivity contribution in [3.8, 4) is 6.07 Å². The monoisotopic (exact) mass is 254 g/mol. The Kier molecular flexibility index (Phi) is 3.99. The van der Waals surface area contributed by atoms with Crippen molar-refractivity contribution in [1.29, 1.82) is 5.26 Å². The molecule has 90 valence electrons. The van der Waals surface area contributed by atoms with Crippen LogP contribution in [0.15, 0.2) is 35.7 Å². The first-order chi connectivity index (χ1) is 7.95. The van der Waals surface area contributed by atoms with E-state index >= 15 is 0 Å². The Labute approximate surface area is 99.6 Å². The molecule has 0 aliphatic carbocycles. The van der Waals surface area contributed by atoms with Gasteiger partial charge >= 0.3 is 0 Å². The zero-order valence-corrected chi connectivity index (χ0v) is 10.0. The van der Waals surface area contributed by atoms with Gasteiger partial charge in [0.05, 0.1) is 0 Å². The van der Waals surface area contributed by atoms with Crippen LogP contribution in [0.1, 0.15) is 5.56 Å². The Bertz CT molecular complexity index is 576. The Morgan fingerprint density at radius 2 is 2.24 bits per heavy atom. The third kappa shape index (κ3) is 2.52. The number of halogens is 1. The van der Waals surface area contributed by atoms with Gasteiger partial charge in [-0.1, -0.05) is 12.1 Å². The summed E-state index contributed by atoms with van der Waals surface area (Å²) < 4.78 is 38.3. The van der Waals surface area contributed by atoms with E-state index in [1.807, 2.05) is 0 Å². The molecule has 1 rings (SSSR count). The molecule has 0 unspecified atom stereocenters. The quantitative estimate of drug-likeness (QED) is 0.765. The lowest BCUT2D eigenvalue weighted by Gasteiger charge is -2.15. The van der Waals surface area contributed by atoms with E-state index < -0.39 is 21.4 Å². The van der Waals surface area contributed by atoms with Crippen LogP contribution in [0.2, 0.25) is 0 Å². The van der Waals surface area contributed by atoms with Crippen molar-refractivity contribution in [2.45, 2.75) is 4.90 Å². The van der Waals surface area contributed by atoms with Gasteiger partial charge in [0.1, 0.15) is 22.3 Å². The van der Waals surface area contributed by atoms with Gasteiger partial charge < -0.3 is 0 Å². The van der Waals surface area contributed by atoms with Crippen molar-refractivity contribution in [2.75, 3.05) is 13.6 Å². The Balaban J connectivity index is 3.40. The molecule has 0 amide bonds. The minimum Gasteiger partial charge on any atom is -0.207 e. The van der Waals surface area contributed by atoms with Gasteiger partial charge in [0.2, 0.25) is 10.0 Å². The molecule has 4 nitrogen and oxygen atoms in total. The van der Waals surface area contributed by atoms with E-state index in [0.717, 1.165) is 10.4 Å². The van der Waals surface area contributed by atoms with E-state index in [4.69, 9.17) is 5.26 Å². The summed E-state index contributed by atoms with van der Waals surface area (Å²) in [5.41, 5.74) is -0.469. The summed E-state index contributed by atoms with van der Waals surface area (Å²) in [5, 5.41) is 8.78. The lowest BCUT2D eigenvalue weighted by Crippen LogP contribution is -2.27. The topological polar surface area (TPSA) is 61.2 Å². The maximum Gasteiger partial charge on any atom is 0.244 e. The molecule has 0 saturated heterocycles. The van der Waals surface area contributed by atoms with E-state index in [2.05, 4.69) is 6.58 Å². The molecule has 1 aromatic carbocycles. The molecule has 0 aromatic heterocycles. The van der Waals surface area contributed by atoms with Crippen LogP contribution < -0.4 is 0 Å². The highest BCUT2D eigenvalue weighted by Crippen LogP contribution is 2.20. The summed E-state index contributed by atoms with van der Waals surface area (Å²) in [5.74, 6) is -0.847. The molecular formula is C11H11FN2O2S. The zero-order chi connectivity index (χ0) is 13.1. The molecule has 6 heteroatoms. The Morgan fingerprint density at radius 1 is 1.59 bits per heavy atom. The number of likely N-dealkylation sites (N-methyl/N-ethyl adjacent to an activating group) is 1. The van der Waals surface area contributed by atoms with Crippen molar-refractivity contribution in [1.82, 2.24) is 4.31 Å². The van der Waals surface area contributed by atoms with Crippen molar-refractivity contribution < 1.29 is 12.8 Å². The van der Waals surface area contributed by atoms with Crippen molar-refractivity contribution in [2.24, 2.45) is 0 Å². The van der Waals surface area contributed by atoms with Crippen LogP contribution in [0.5, 0.6) is 0 Å². The second kappa shape index (κ2) is 5.08. The molecule has 0 atom stereocenters. The fraction of sp³-hybridized carbons (Fsp3) is 0.182. The SMILES string of the molecule is C=CCN(C)S(=O)(=O)c1cccc(F)c1C#N. The molecule has 0 N–H and O–H groups in total. The lowest BCUT2D eigenvalue weighted by molar-refractivity contribution is 0.497. The second-order valence-corrected chi connectivity index (χ2v) is 5.31. The summed E-state index contributed by atoms with van der Waals surface area (Å²) in [6.07, 6.45) is 1.41. The summed E-state index contributed by atoms with van der Waals surface area (Å²) in [6, 6.07) is 5.07. The first-order valence-electron chi connectivity index (χ1n) is 4.71. The largest absolute Gasteiger partial charge is 0.244 e. The molecule has 0 bridgehead atoms. The van der Waals surface area contributed by atoms with Crippen LogP contribution in [0, 0.1) is 17.1 Å². The normalized spacial score (nSPS) is 11.2. The third-order valence-electron chi connectivity index (χ3n) is 2.16. The smallest absolute Gasteiger partial charge is 0.207 e. The molecule has 1 aromatic rings. The fourth-order valence-electron chi connectivity index (χ4n) is 1.28. The molecule has 0 saturated carbocycles. The van der Waals surface area contributed by atoms with Crippen LogP contribution in [0.25, 0.3) is 0 Å². The van der Waals surface area contributed by atoms with Crippen molar-refractivity contribution >= 4 is 10.0 Å². The summed E-state index contributed by atoms with van der Waals surface area (Å²) >= 11 is 0. The Morgan fingerprint density at radius 3 is 2.76 bits per heavy atom. The molecule has 0 aliphatic rings. The second-order valence-electron chi connectivity index (χ2n) is 3.30. The number of rotatable bonds is 4. The minimum absolute atomic E-state index is 0.0870. The van der Waals surface area contributed by atoms with Gasteiger partial charge in [0, 0.05) is 13.6 Å². The number of hydrogen-bond donors (Lipinski definition) is 0. The van der Waals surface area contributed by atoms with Gasteiger partial charge in [-0.25, -0.2) is 12.8 Å². The predicted molar refractivity (Wildman–Crippen MR) is 61.1 cm³/mol. The van der Waals surface area contributed by atoms with E-state index in [1.54, 1.807) is 6.07 Å². The van der Waals surface area contributed by atoms with Crippen molar-refractivity contribution in [3.63, 3.8) is 0 Å². The Hall–Kier alpha value is -1.71. The van der Waals surface area contributed by atoms with Crippen LogP contribution in [0.4, 0.5) is 4.39 Å². The van der Waals surface area contributed by atoms with E-state index in [1.165, 1.54) is 25.3 Å². The average molecular weight is 254 g/mol.